The lowest BCUT2D eigenvalue weighted by Gasteiger charge is -2.20. The van der Waals surface area contributed by atoms with Gasteiger partial charge in [-0.3, -0.25) is 14.5 Å². The summed E-state index contributed by atoms with van der Waals surface area (Å²) in [6.07, 6.45) is 2.04. The second-order valence-electron chi connectivity index (χ2n) is 7.78. The number of hydrogen-bond acceptors (Lipinski definition) is 3. The molecule has 0 aliphatic carbocycles. The van der Waals surface area contributed by atoms with Crippen molar-refractivity contribution >= 4 is 45.4 Å². The molecule has 0 spiro atoms. The number of benzene rings is 2. The van der Waals surface area contributed by atoms with Gasteiger partial charge in [-0.2, -0.15) is 0 Å². The van der Waals surface area contributed by atoms with E-state index in [1.165, 1.54) is 0 Å². The molecule has 5 rings (SSSR count). The number of carbonyl (C=O) groups is 2. The highest BCUT2D eigenvalue weighted by Crippen LogP contribution is 2.34. The van der Waals surface area contributed by atoms with Gasteiger partial charge in [0.2, 0.25) is 0 Å². The minimum absolute atomic E-state index is 0.0668. The lowest BCUT2D eigenvalue weighted by Crippen LogP contribution is -2.29. The first-order chi connectivity index (χ1) is 15.5. The van der Waals surface area contributed by atoms with E-state index in [0.29, 0.717) is 28.4 Å². The summed E-state index contributed by atoms with van der Waals surface area (Å²) in [5, 5.41) is 6.25. The van der Waals surface area contributed by atoms with Crippen LogP contribution in [-0.4, -0.2) is 16.4 Å². The first-order valence-electron chi connectivity index (χ1n) is 10.2. The van der Waals surface area contributed by atoms with E-state index in [1.54, 1.807) is 47.7 Å². The molecule has 2 amide bonds. The quantitative estimate of drug-likeness (QED) is 0.408. The number of aromatic nitrogens is 1. The van der Waals surface area contributed by atoms with Crippen molar-refractivity contribution in [3.63, 3.8) is 0 Å². The monoisotopic (exact) mass is 461 g/mol. The predicted octanol–water partition coefficient (Wildman–Crippen LogP) is 5.97. The molecule has 5 nitrogen and oxygen atoms in total. The molecule has 4 aromatic rings. The van der Waals surface area contributed by atoms with Gasteiger partial charge in [0.25, 0.3) is 11.8 Å². The number of rotatable bonds is 3. The Balaban J connectivity index is 1.36. The van der Waals surface area contributed by atoms with Gasteiger partial charge in [0.1, 0.15) is 5.00 Å². The zero-order chi connectivity index (χ0) is 22.2. The van der Waals surface area contributed by atoms with Crippen LogP contribution in [0.3, 0.4) is 0 Å². The molecule has 1 aliphatic heterocycles. The molecular formula is C25H20ClN3O2S. The van der Waals surface area contributed by atoms with Crippen LogP contribution in [0.4, 0.5) is 10.7 Å². The van der Waals surface area contributed by atoms with E-state index >= 15 is 0 Å². The number of nitrogens with zero attached hydrogens (tertiary/aromatic N) is 2. The minimum atomic E-state index is -0.286. The van der Waals surface area contributed by atoms with Crippen LogP contribution in [0, 0.1) is 6.92 Å². The third kappa shape index (κ3) is 3.83. The van der Waals surface area contributed by atoms with Gasteiger partial charge < -0.3 is 9.88 Å². The molecule has 3 heterocycles. The van der Waals surface area contributed by atoms with E-state index in [4.69, 9.17) is 11.6 Å². The average Bonchev–Trinajstić information content (AvgIpc) is 3.39. The lowest BCUT2D eigenvalue weighted by atomic mass is 10.1. The van der Waals surface area contributed by atoms with Crippen molar-refractivity contribution in [2.45, 2.75) is 20.0 Å². The van der Waals surface area contributed by atoms with Gasteiger partial charge in [0.05, 0.1) is 23.7 Å². The molecule has 2 aromatic heterocycles. The number of carbonyl (C=O) groups excluding carboxylic acids is 2. The number of hydrogen-bond donors (Lipinski definition) is 1. The van der Waals surface area contributed by atoms with Crippen molar-refractivity contribution in [2.75, 3.05) is 10.2 Å². The van der Waals surface area contributed by atoms with Crippen LogP contribution in [-0.2, 0) is 13.1 Å². The maximum absolute atomic E-state index is 13.4. The second-order valence-corrected chi connectivity index (χ2v) is 9.09. The summed E-state index contributed by atoms with van der Waals surface area (Å²) in [5.74, 6) is -0.353. The fraction of sp³-hybridized carbons (Fsp3) is 0.120. The zero-order valence-electron chi connectivity index (χ0n) is 17.3. The topological polar surface area (TPSA) is 54.3 Å². The van der Waals surface area contributed by atoms with Crippen molar-refractivity contribution in [3.8, 4) is 0 Å². The van der Waals surface area contributed by atoms with Crippen LogP contribution in [0.1, 0.15) is 37.5 Å². The van der Waals surface area contributed by atoms with E-state index in [1.807, 2.05) is 41.6 Å². The van der Waals surface area contributed by atoms with Crippen LogP contribution in [0.15, 0.2) is 72.2 Å². The highest BCUT2D eigenvalue weighted by molar-refractivity contribution is 7.14. The summed E-state index contributed by atoms with van der Waals surface area (Å²) in [5.41, 5.74) is 4.80. The number of nitrogens with one attached hydrogen (secondary N) is 1. The predicted molar refractivity (Wildman–Crippen MR) is 129 cm³/mol. The van der Waals surface area contributed by atoms with Gasteiger partial charge in [-0.15, -0.1) is 11.3 Å². The number of anilines is 2. The van der Waals surface area contributed by atoms with Crippen molar-refractivity contribution in [1.82, 2.24) is 4.57 Å². The highest BCUT2D eigenvalue weighted by Gasteiger charge is 2.26. The van der Waals surface area contributed by atoms with Crippen LogP contribution in [0.25, 0.3) is 0 Å². The Morgan fingerprint density at radius 2 is 1.84 bits per heavy atom. The Kier molecular flexibility index (Phi) is 5.33. The summed E-state index contributed by atoms with van der Waals surface area (Å²) in [4.78, 5) is 27.8. The third-order valence-corrected chi connectivity index (χ3v) is 6.85. The van der Waals surface area contributed by atoms with Crippen LogP contribution < -0.4 is 10.2 Å². The Labute approximate surface area is 194 Å². The van der Waals surface area contributed by atoms with E-state index in [2.05, 4.69) is 16.0 Å². The normalized spacial score (nSPS) is 12.6. The molecule has 1 aliphatic rings. The maximum Gasteiger partial charge on any atom is 0.259 e. The Hall–Kier alpha value is -3.35. The number of amides is 2. The number of thiophene rings is 1. The molecule has 0 bridgehead atoms. The van der Waals surface area contributed by atoms with E-state index < -0.39 is 0 Å². The molecular weight excluding hydrogens is 442 g/mol. The van der Waals surface area contributed by atoms with Gasteiger partial charge in [-0.05, 0) is 72.5 Å². The van der Waals surface area contributed by atoms with E-state index in [-0.39, 0.29) is 11.8 Å². The number of aryl methyl sites for hydroxylation is 1. The highest BCUT2D eigenvalue weighted by atomic mass is 35.5. The van der Waals surface area contributed by atoms with Crippen molar-refractivity contribution in [2.24, 2.45) is 0 Å². The van der Waals surface area contributed by atoms with Gasteiger partial charge in [0.15, 0.2) is 0 Å². The number of halogens is 1. The maximum atomic E-state index is 13.4. The summed E-state index contributed by atoms with van der Waals surface area (Å²) < 4.78 is 2.17. The first kappa shape index (κ1) is 20.5. The first-order valence-corrected chi connectivity index (χ1v) is 11.5. The molecule has 0 atom stereocenters. The standard InChI is InChI=1S/C25H20ClN3O2S/c1-16-4-9-21(22(26)13-16)23(30)27-19-7-5-17(6-8-19)24(31)29-15-20-3-2-11-28(20)14-18-10-12-32-25(18)29/h2-13H,14-15H2,1H3,(H,27,30). The van der Waals surface area contributed by atoms with E-state index in [9.17, 15) is 9.59 Å². The van der Waals surface area contributed by atoms with E-state index in [0.717, 1.165) is 28.4 Å². The summed E-state index contributed by atoms with van der Waals surface area (Å²) in [7, 11) is 0. The fourth-order valence-electron chi connectivity index (χ4n) is 3.87. The van der Waals surface area contributed by atoms with Crippen molar-refractivity contribution < 1.29 is 9.59 Å². The largest absolute Gasteiger partial charge is 0.345 e. The molecule has 0 fully saturated rings. The van der Waals surface area contributed by atoms with Gasteiger partial charge in [-0.25, -0.2) is 0 Å². The van der Waals surface area contributed by atoms with Crippen molar-refractivity contribution in [3.05, 3.63) is 105 Å². The molecule has 7 heteroatoms. The van der Waals surface area contributed by atoms with Crippen molar-refractivity contribution in [1.29, 1.82) is 0 Å². The SMILES string of the molecule is Cc1ccc(C(=O)Nc2ccc(C(=O)N3Cc4cccn4Cc4ccsc43)cc2)c(Cl)c1. The van der Waals surface area contributed by atoms with Crippen LogP contribution in [0.5, 0.6) is 0 Å². The molecule has 0 unspecified atom stereocenters. The molecule has 2 aromatic carbocycles. The minimum Gasteiger partial charge on any atom is -0.345 e. The van der Waals surface area contributed by atoms with Gasteiger partial charge >= 0.3 is 0 Å². The molecule has 1 N–H and O–H groups in total. The third-order valence-electron chi connectivity index (χ3n) is 5.56. The Morgan fingerprint density at radius 3 is 2.62 bits per heavy atom. The van der Waals surface area contributed by atoms with Gasteiger partial charge in [0, 0.05) is 28.7 Å². The molecule has 160 valence electrons. The smallest absolute Gasteiger partial charge is 0.259 e. The summed E-state index contributed by atoms with van der Waals surface area (Å²) >= 11 is 7.78. The van der Waals surface area contributed by atoms with Crippen LogP contribution >= 0.6 is 22.9 Å². The Bertz CT molecular complexity index is 1320. The molecule has 0 saturated carbocycles. The summed E-state index contributed by atoms with van der Waals surface area (Å²) in [6, 6.07) is 18.4. The van der Waals surface area contributed by atoms with Crippen LogP contribution in [0.2, 0.25) is 5.02 Å². The molecule has 0 saturated heterocycles. The zero-order valence-corrected chi connectivity index (χ0v) is 18.9. The molecule has 32 heavy (non-hydrogen) atoms. The Morgan fingerprint density at radius 1 is 1.03 bits per heavy atom. The number of fused-ring (bicyclic) bond motifs is 2. The van der Waals surface area contributed by atoms with Gasteiger partial charge in [-0.1, -0.05) is 17.7 Å². The fourth-order valence-corrected chi connectivity index (χ4v) is 5.11. The average molecular weight is 462 g/mol. The second kappa shape index (κ2) is 8.30. The lowest BCUT2D eigenvalue weighted by molar-refractivity contribution is 0.0984. The molecule has 0 radical (unpaired) electrons. The summed E-state index contributed by atoms with van der Waals surface area (Å²) in [6.45, 7) is 3.20.